The van der Waals surface area contributed by atoms with Crippen LogP contribution in [0, 0.1) is 0 Å². The average molecular weight is 237 g/mol. The molecule has 94 valence electrons. The van der Waals surface area contributed by atoms with Gasteiger partial charge in [-0.1, -0.05) is 0 Å². The SMILES string of the molecule is CCn1nc2c(c1C(=O)O)CCN(C(C)C)C2. The zero-order valence-electron chi connectivity index (χ0n) is 10.6. The number of aromatic carboxylic acids is 1. The average Bonchev–Trinajstić information content (AvgIpc) is 2.65. The summed E-state index contributed by atoms with van der Waals surface area (Å²) in [5.41, 5.74) is 2.24. The van der Waals surface area contributed by atoms with E-state index in [1.807, 2.05) is 6.92 Å². The minimum absolute atomic E-state index is 0.380. The van der Waals surface area contributed by atoms with E-state index in [1.165, 1.54) is 0 Å². The van der Waals surface area contributed by atoms with E-state index in [0.717, 1.165) is 30.8 Å². The second-order valence-electron chi connectivity index (χ2n) is 4.71. The standard InChI is InChI=1S/C12H19N3O2/c1-4-15-11(12(16)17)9-5-6-14(8(2)3)7-10(9)13-15/h8H,4-7H2,1-3H3,(H,16,17). The van der Waals surface area contributed by atoms with E-state index in [2.05, 4.69) is 23.8 Å². The maximum absolute atomic E-state index is 11.3. The number of hydrogen-bond acceptors (Lipinski definition) is 3. The van der Waals surface area contributed by atoms with Crippen LogP contribution >= 0.6 is 0 Å². The largest absolute Gasteiger partial charge is 0.477 e. The van der Waals surface area contributed by atoms with E-state index in [1.54, 1.807) is 4.68 Å². The number of aryl methyl sites for hydroxylation is 1. The van der Waals surface area contributed by atoms with Gasteiger partial charge in [0.2, 0.25) is 0 Å². The molecular weight excluding hydrogens is 218 g/mol. The summed E-state index contributed by atoms with van der Waals surface area (Å²) in [6.45, 7) is 8.52. The second-order valence-corrected chi connectivity index (χ2v) is 4.71. The predicted molar refractivity (Wildman–Crippen MR) is 64.1 cm³/mol. The molecule has 0 aliphatic carbocycles. The van der Waals surface area contributed by atoms with Crippen molar-refractivity contribution in [3.05, 3.63) is 17.0 Å². The molecule has 17 heavy (non-hydrogen) atoms. The van der Waals surface area contributed by atoms with Gasteiger partial charge in [0.1, 0.15) is 5.69 Å². The summed E-state index contributed by atoms with van der Waals surface area (Å²) < 4.78 is 1.61. The number of rotatable bonds is 3. The highest BCUT2D eigenvalue weighted by Gasteiger charge is 2.28. The van der Waals surface area contributed by atoms with Crippen molar-refractivity contribution in [2.75, 3.05) is 6.54 Å². The summed E-state index contributed by atoms with van der Waals surface area (Å²) in [7, 11) is 0. The molecule has 0 radical (unpaired) electrons. The maximum atomic E-state index is 11.3. The Kier molecular flexibility index (Phi) is 3.19. The van der Waals surface area contributed by atoms with Crippen LogP contribution in [0.25, 0.3) is 0 Å². The molecular formula is C12H19N3O2. The molecule has 1 aliphatic rings. The number of hydrogen-bond donors (Lipinski definition) is 1. The molecule has 5 nitrogen and oxygen atoms in total. The van der Waals surface area contributed by atoms with Gasteiger partial charge in [-0.3, -0.25) is 9.58 Å². The van der Waals surface area contributed by atoms with Crippen molar-refractivity contribution in [2.24, 2.45) is 0 Å². The molecule has 0 saturated carbocycles. The zero-order valence-corrected chi connectivity index (χ0v) is 10.6. The third-order valence-electron chi connectivity index (χ3n) is 3.37. The fraction of sp³-hybridized carbons (Fsp3) is 0.667. The van der Waals surface area contributed by atoms with Crippen molar-refractivity contribution >= 4 is 5.97 Å². The number of carboxylic acids is 1. The van der Waals surface area contributed by atoms with E-state index >= 15 is 0 Å². The molecule has 0 aromatic carbocycles. The molecule has 1 N–H and O–H groups in total. The first-order chi connectivity index (χ1) is 8.04. The lowest BCUT2D eigenvalue weighted by molar-refractivity contribution is 0.0681. The smallest absolute Gasteiger partial charge is 0.354 e. The van der Waals surface area contributed by atoms with Gasteiger partial charge in [0.05, 0.1) is 5.69 Å². The molecule has 1 aromatic rings. The van der Waals surface area contributed by atoms with Gasteiger partial charge >= 0.3 is 5.97 Å². The Morgan fingerprint density at radius 1 is 1.53 bits per heavy atom. The predicted octanol–water partition coefficient (Wildman–Crippen LogP) is 1.37. The van der Waals surface area contributed by atoms with E-state index in [4.69, 9.17) is 0 Å². The highest BCUT2D eigenvalue weighted by molar-refractivity contribution is 5.87. The van der Waals surface area contributed by atoms with Crippen molar-refractivity contribution in [1.82, 2.24) is 14.7 Å². The van der Waals surface area contributed by atoms with Crippen LogP contribution in [0.5, 0.6) is 0 Å². The van der Waals surface area contributed by atoms with Crippen LogP contribution in [0.3, 0.4) is 0 Å². The topological polar surface area (TPSA) is 58.4 Å². The van der Waals surface area contributed by atoms with Crippen molar-refractivity contribution < 1.29 is 9.90 Å². The number of fused-ring (bicyclic) bond motifs is 1. The van der Waals surface area contributed by atoms with E-state index < -0.39 is 5.97 Å². The summed E-state index contributed by atoms with van der Waals surface area (Å²) in [6, 6.07) is 0.475. The molecule has 1 aromatic heterocycles. The maximum Gasteiger partial charge on any atom is 0.354 e. The van der Waals surface area contributed by atoms with Gasteiger partial charge in [-0.15, -0.1) is 0 Å². The van der Waals surface area contributed by atoms with Crippen molar-refractivity contribution in [1.29, 1.82) is 0 Å². The van der Waals surface area contributed by atoms with Gasteiger partial charge in [-0.25, -0.2) is 4.79 Å². The first kappa shape index (κ1) is 12.1. The summed E-state index contributed by atoms with van der Waals surface area (Å²) in [5, 5.41) is 13.7. The molecule has 0 saturated heterocycles. The number of aromatic nitrogens is 2. The van der Waals surface area contributed by atoms with Crippen LogP contribution in [0.1, 0.15) is 42.5 Å². The molecule has 1 aliphatic heterocycles. The summed E-state index contributed by atoms with van der Waals surface area (Å²) in [4.78, 5) is 13.6. The molecule has 0 atom stereocenters. The Labute approximate surface area is 101 Å². The molecule has 0 amide bonds. The van der Waals surface area contributed by atoms with Crippen molar-refractivity contribution in [3.8, 4) is 0 Å². The minimum Gasteiger partial charge on any atom is -0.477 e. The molecule has 0 spiro atoms. The van der Waals surface area contributed by atoms with Gasteiger partial charge < -0.3 is 5.11 Å². The van der Waals surface area contributed by atoms with Gasteiger partial charge in [0.15, 0.2) is 0 Å². The minimum atomic E-state index is -0.862. The monoisotopic (exact) mass is 237 g/mol. The van der Waals surface area contributed by atoms with Crippen molar-refractivity contribution in [2.45, 2.75) is 46.3 Å². The van der Waals surface area contributed by atoms with Crippen LogP contribution in [0.2, 0.25) is 0 Å². The van der Waals surface area contributed by atoms with Gasteiger partial charge in [0.25, 0.3) is 0 Å². The Morgan fingerprint density at radius 3 is 2.76 bits per heavy atom. The first-order valence-electron chi connectivity index (χ1n) is 6.10. The van der Waals surface area contributed by atoms with E-state index in [0.29, 0.717) is 18.3 Å². The molecule has 2 heterocycles. The number of carboxylic acid groups (broad SMARTS) is 1. The Balaban J connectivity index is 2.38. The van der Waals surface area contributed by atoms with Crippen LogP contribution in [0.4, 0.5) is 0 Å². The summed E-state index contributed by atoms with van der Waals surface area (Å²) in [5.74, 6) is -0.862. The number of carbonyl (C=O) groups is 1. The normalized spacial score (nSPS) is 16.2. The highest BCUT2D eigenvalue weighted by Crippen LogP contribution is 2.23. The molecule has 0 unspecified atom stereocenters. The van der Waals surface area contributed by atoms with Gasteiger partial charge in [0, 0.05) is 31.2 Å². The van der Waals surface area contributed by atoms with Crippen LogP contribution in [-0.4, -0.2) is 38.3 Å². The van der Waals surface area contributed by atoms with Gasteiger partial charge in [-0.05, 0) is 27.2 Å². The molecule has 2 rings (SSSR count). The highest BCUT2D eigenvalue weighted by atomic mass is 16.4. The first-order valence-corrected chi connectivity index (χ1v) is 6.10. The van der Waals surface area contributed by atoms with Crippen LogP contribution in [-0.2, 0) is 19.5 Å². The Hall–Kier alpha value is -1.36. The lowest BCUT2D eigenvalue weighted by Crippen LogP contribution is -2.36. The van der Waals surface area contributed by atoms with E-state index in [-0.39, 0.29) is 0 Å². The lowest BCUT2D eigenvalue weighted by atomic mass is 10.0. The Morgan fingerprint density at radius 2 is 2.24 bits per heavy atom. The third kappa shape index (κ3) is 2.07. The number of nitrogens with zero attached hydrogens (tertiary/aromatic N) is 3. The summed E-state index contributed by atoms with van der Waals surface area (Å²) in [6.07, 6.45) is 0.787. The van der Waals surface area contributed by atoms with E-state index in [9.17, 15) is 9.90 Å². The zero-order chi connectivity index (χ0) is 12.6. The van der Waals surface area contributed by atoms with Crippen LogP contribution < -0.4 is 0 Å². The third-order valence-corrected chi connectivity index (χ3v) is 3.37. The Bertz CT molecular complexity index is 437. The lowest BCUT2D eigenvalue weighted by Gasteiger charge is -2.29. The summed E-state index contributed by atoms with van der Waals surface area (Å²) >= 11 is 0. The molecule has 0 bridgehead atoms. The molecule has 5 heteroatoms. The fourth-order valence-electron chi connectivity index (χ4n) is 2.37. The van der Waals surface area contributed by atoms with Crippen LogP contribution in [0.15, 0.2) is 0 Å². The molecule has 0 fully saturated rings. The second kappa shape index (κ2) is 4.49. The quantitative estimate of drug-likeness (QED) is 0.862. The van der Waals surface area contributed by atoms with Crippen molar-refractivity contribution in [3.63, 3.8) is 0 Å². The van der Waals surface area contributed by atoms with Gasteiger partial charge in [-0.2, -0.15) is 5.10 Å². The fourth-order valence-corrected chi connectivity index (χ4v) is 2.37.